The van der Waals surface area contributed by atoms with Gasteiger partial charge in [0.05, 0.1) is 0 Å². The van der Waals surface area contributed by atoms with Gasteiger partial charge >= 0.3 is 346 Å². The van der Waals surface area contributed by atoms with Gasteiger partial charge in [0.1, 0.15) is 0 Å². The molecule has 1 aliphatic carbocycles. The molecule has 0 atom stereocenters. The number of hydrogen-bond donors (Lipinski definition) is 0. The number of rotatable bonds is 7. The van der Waals surface area contributed by atoms with Crippen LogP contribution in [0.4, 0.5) is 0 Å². The zero-order chi connectivity index (χ0) is 47.1. The molecule has 0 radical (unpaired) electrons. The summed E-state index contributed by atoms with van der Waals surface area (Å²) in [6.45, 7) is 18.7. The van der Waals surface area contributed by atoms with E-state index in [2.05, 4.69) is 246 Å². The summed E-state index contributed by atoms with van der Waals surface area (Å²) in [5.74, 6) is 2.44. The molecular weight excluding hydrogens is 1010 g/mol. The first-order valence-corrected chi connectivity index (χ1v) is 25.1. The van der Waals surface area contributed by atoms with E-state index in [1.165, 1.54) is 73.6 Å². The summed E-state index contributed by atoms with van der Waals surface area (Å²) in [7, 11) is 0. The molecule has 5 nitrogen and oxygen atoms in total. The van der Waals surface area contributed by atoms with Crippen molar-refractivity contribution < 1.29 is 24.1 Å². The molecule has 0 saturated heterocycles. The molecule has 1 aliphatic rings. The Bertz CT molecular complexity index is 3600. The Labute approximate surface area is 411 Å². The van der Waals surface area contributed by atoms with Crippen molar-refractivity contribution in [1.82, 2.24) is 18.7 Å². The van der Waals surface area contributed by atoms with Gasteiger partial charge in [-0.3, -0.25) is 0 Å². The molecule has 10 aromatic rings. The number of nitrogens with zero attached hydrogens (tertiary/aromatic N) is 4. The van der Waals surface area contributed by atoms with Crippen LogP contribution < -0.4 is 4.74 Å². The molecule has 0 fully saturated rings. The van der Waals surface area contributed by atoms with Crippen LogP contribution in [0.25, 0.3) is 72.3 Å². The maximum atomic E-state index is 6.89. The Hall–Kier alpha value is -6.55. The molecule has 0 N–H and O–H groups in total. The molecule has 0 aliphatic heterocycles. The number of aryl methyl sites for hydroxylation is 1. The van der Waals surface area contributed by atoms with Gasteiger partial charge in [0.15, 0.2) is 0 Å². The number of fused-ring (bicyclic) bond motifs is 5. The minimum atomic E-state index is -0.0295. The van der Waals surface area contributed by atoms with Gasteiger partial charge in [0.25, 0.3) is 0 Å². The van der Waals surface area contributed by atoms with Crippen molar-refractivity contribution >= 4 is 32.8 Å². The average Bonchev–Trinajstić information content (AvgIpc) is 3.80. The summed E-state index contributed by atoms with van der Waals surface area (Å²) in [5.41, 5.74) is 17.0. The third-order valence-corrected chi connectivity index (χ3v) is 15.2. The first kappa shape index (κ1) is 44.0. The monoisotopic (exact) mass is 1070 g/mol. The summed E-state index contributed by atoms with van der Waals surface area (Å²) < 4.78 is 15.1. The normalized spacial score (nSPS) is 13.9. The number of imidazole rings is 1. The van der Waals surface area contributed by atoms with Crippen LogP contribution in [-0.2, 0) is 42.0 Å². The van der Waals surface area contributed by atoms with E-state index in [0.717, 1.165) is 55.5 Å². The second-order valence-corrected chi connectivity index (χ2v) is 22.3. The molecule has 6 heteroatoms. The van der Waals surface area contributed by atoms with Crippen LogP contribution in [0.1, 0.15) is 90.5 Å². The van der Waals surface area contributed by atoms with Gasteiger partial charge in [-0.15, -0.1) is 0 Å². The van der Waals surface area contributed by atoms with Crippen LogP contribution in [0.5, 0.6) is 11.5 Å². The average molecular weight is 1070 g/mol. The van der Waals surface area contributed by atoms with Crippen molar-refractivity contribution in [3.8, 4) is 50.9 Å². The van der Waals surface area contributed by atoms with E-state index in [0.29, 0.717) is 0 Å². The number of aromatic nitrogens is 4. The van der Waals surface area contributed by atoms with Gasteiger partial charge in [0.2, 0.25) is 0 Å². The van der Waals surface area contributed by atoms with Crippen molar-refractivity contribution in [2.45, 2.75) is 90.9 Å². The van der Waals surface area contributed by atoms with Crippen LogP contribution >= 0.6 is 0 Å². The predicted molar refractivity (Wildman–Crippen MR) is 279 cm³/mol. The van der Waals surface area contributed by atoms with E-state index in [9.17, 15) is 0 Å². The van der Waals surface area contributed by atoms with Gasteiger partial charge in [-0.1, -0.05) is 19.9 Å². The van der Waals surface area contributed by atoms with Crippen molar-refractivity contribution in [2.24, 2.45) is 0 Å². The zero-order valence-electron chi connectivity index (χ0n) is 40.3. The number of para-hydroxylation sites is 3. The van der Waals surface area contributed by atoms with Crippen molar-refractivity contribution in [2.75, 3.05) is 0 Å². The van der Waals surface area contributed by atoms with E-state index in [1.54, 1.807) is 0 Å². The van der Waals surface area contributed by atoms with Crippen LogP contribution in [0.2, 0.25) is 0 Å². The first-order chi connectivity index (χ1) is 32.6. The Morgan fingerprint density at radius 2 is 1.19 bits per heavy atom. The topological polar surface area (TPSA) is 36.9 Å². The van der Waals surface area contributed by atoms with Gasteiger partial charge in [-0.25, -0.2) is 0 Å². The second kappa shape index (κ2) is 16.6. The summed E-state index contributed by atoms with van der Waals surface area (Å²) >= 11 is 2.54. The Kier molecular flexibility index (Phi) is 10.7. The quantitative estimate of drug-likeness (QED) is 0.159. The van der Waals surface area contributed by atoms with Gasteiger partial charge in [-0.2, -0.15) is 0 Å². The summed E-state index contributed by atoms with van der Waals surface area (Å²) in [5, 5.41) is 2.46. The molecule has 342 valence electrons. The fourth-order valence-corrected chi connectivity index (χ4v) is 11.6. The zero-order valence-corrected chi connectivity index (χ0v) is 42.6. The molecule has 0 amide bonds. The van der Waals surface area contributed by atoms with E-state index in [1.807, 2.05) is 12.3 Å². The Balaban J connectivity index is 1.07. The number of pyridine rings is 1. The van der Waals surface area contributed by atoms with E-state index < -0.39 is 0 Å². The molecule has 3 aromatic heterocycles. The van der Waals surface area contributed by atoms with Crippen molar-refractivity contribution in [3.05, 3.63) is 196 Å². The van der Waals surface area contributed by atoms with Gasteiger partial charge in [0, 0.05) is 6.20 Å². The molecule has 0 bridgehead atoms. The fourth-order valence-electron chi connectivity index (χ4n) is 10.5. The van der Waals surface area contributed by atoms with Gasteiger partial charge < -0.3 is 0 Å². The number of benzene rings is 7. The van der Waals surface area contributed by atoms with Crippen molar-refractivity contribution in [1.29, 1.82) is 0 Å². The standard InChI is InChI=1S/C62H58N4O.Pt/c1-60(2,3)44-33-43(34-45(36-44)61(4,5)6)50-25-17-24-49(41-19-10-9-11-20-41)59(50)65-40-64(54-26-12-13-27-55(54)65)46-22-16-23-47(37-46)67-48-29-30-51-52-35-42-21-18-31-62(7,8)53(42)39-57(52)66(56(51)38-48)58-28-14-15-32-63-58;/h9-17,19-20,22-30,32-39H,18,21,31H2,1-8H3;. The molecule has 0 saturated carbocycles. The van der Waals surface area contributed by atoms with Crippen molar-refractivity contribution in [3.63, 3.8) is 0 Å². The molecule has 7 aromatic carbocycles. The summed E-state index contributed by atoms with van der Waals surface area (Å²) in [4.78, 5) is 4.87. The molecule has 0 spiro atoms. The third-order valence-electron chi connectivity index (χ3n) is 14.2. The van der Waals surface area contributed by atoms with Crippen LogP contribution in [0.3, 0.4) is 0 Å². The molecule has 0 unspecified atom stereocenters. The Morgan fingerprint density at radius 1 is 0.544 bits per heavy atom. The second-order valence-electron chi connectivity index (χ2n) is 21.3. The molecular formula is C62H58N4OPt. The summed E-state index contributed by atoms with van der Waals surface area (Å²) in [6, 6.07) is 59.7. The molecule has 11 rings (SSSR count). The molecule has 68 heavy (non-hydrogen) atoms. The first-order valence-electron chi connectivity index (χ1n) is 24.0. The van der Waals surface area contributed by atoms with Crippen LogP contribution in [0, 0.1) is 3.80 Å². The maximum absolute atomic E-state index is 6.89. The van der Waals surface area contributed by atoms with Gasteiger partial charge in [-0.05, 0) is 41.9 Å². The number of ether oxygens (including phenoxy) is 1. The van der Waals surface area contributed by atoms with Crippen LogP contribution in [-0.4, -0.2) is 18.7 Å². The van der Waals surface area contributed by atoms with E-state index >= 15 is 0 Å². The van der Waals surface area contributed by atoms with Crippen LogP contribution in [0.15, 0.2) is 170 Å². The Morgan fingerprint density at radius 3 is 1.90 bits per heavy atom. The van der Waals surface area contributed by atoms with E-state index in [-0.39, 0.29) is 16.2 Å². The SMILES string of the molecule is CC(C)(C)c1cc(-c2cccc(-c3ccccc3)c2-n2[c](=[Pt])n(-c3cccc(Oc4ccc5c6cc7c(cc6n(-c6ccccn6)c5c4)C(C)(C)CCC7)c3)c3ccccc32)cc(C(C)(C)C)c1. The number of hydrogen-bond acceptors (Lipinski definition) is 2. The molecule has 3 heterocycles. The predicted octanol–water partition coefficient (Wildman–Crippen LogP) is 16.3. The minimum absolute atomic E-state index is 0.0295. The summed E-state index contributed by atoms with van der Waals surface area (Å²) in [6.07, 6.45) is 5.40. The third kappa shape index (κ3) is 7.70. The fraction of sp³-hybridized carbons (Fsp3) is 0.226. The van der Waals surface area contributed by atoms with E-state index in [4.69, 9.17) is 9.72 Å².